The van der Waals surface area contributed by atoms with Crippen molar-refractivity contribution in [3.8, 4) is 0 Å². The van der Waals surface area contributed by atoms with Crippen LogP contribution in [0, 0.1) is 5.41 Å². The van der Waals surface area contributed by atoms with E-state index in [9.17, 15) is 4.79 Å². The van der Waals surface area contributed by atoms with Gasteiger partial charge in [0.25, 0.3) is 0 Å². The van der Waals surface area contributed by atoms with Crippen LogP contribution in [0.4, 0.5) is 0 Å². The second-order valence-corrected chi connectivity index (χ2v) is 5.41. The predicted octanol–water partition coefficient (Wildman–Crippen LogP) is 1.01. The summed E-state index contributed by atoms with van der Waals surface area (Å²) in [4.78, 5) is 14.6. The fraction of sp³-hybridized carbons (Fsp3) is 0.923. The van der Waals surface area contributed by atoms with E-state index in [0.29, 0.717) is 5.91 Å². The number of rotatable bonds is 3. The van der Waals surface area contributed by atoms with Gasteiger partial charge in [0.15, 0.2) is 0 Å². The Morgan fingerprint density at radius 3 is 2.82 bits per heavy atom. The molecule has 4 heteroatoms. The molecule has 0 aromatic heterocycles. The minimum absolute atomic E-state index is 0.170. The molecule has 0 radical (unpaired) electrons. The summed E-state index contributed by atoms with van der Waals surface area (Å²) in [7, 11) is 1.94. The molecule has 2 heterocycles. The molecule has 1 N–H and O–H groups in total. The normalized spacial score (nSPS) is 37.4. The molecule has 4 nitrogen and oxygen atoms in total. The van der Waals surface area contributed by atoms with Crippen molar-refractivity contribution in [2.24, 2.45) is 5.41 Å². The maximum atomic E-state index is 12.7. The van der Waals surface area contributed by atoms with Gasteiger partial charge in [0, 0.05) is 20.2 Å². The van der Waals surface area contributed by atoms with Crippen molar-refractivity contribution in [3.05, 3.63) is 0 Å². The van der Waals surface area contributed by atoms with Crippen molar-refractivity contribution in [1.82, 2.24) is 10.2 Å². The SMILES string of the molecule is CCC1(C(=O)N(C)C2CCOC2C)CCNC1. The number of nitrogens with one attached hydrogen (secondary N) is 1. The minimum atomic E-state index is -0.170. The second-order valence-electron chi connectivity index (χ2n) is 5.41. The van der Waals surface area contributed by atoms with Crippen LogP contribution in [0.1, 0.15) is 33.1 Å². The Hall–Kier alpha value is -0.610. The molecule has 2 aliphatic heterocycles. The number of hydrogen-bond acceptors (Lipinski definition) is 3. The topological polar surface area (TPSA) is 41.6 Å². The van der Waals surface area contributed by atoms with E-state index in [4.69, 9.17) is 4.74 Å². The van der Waals surface area contributed by atoms with Crippen molar-refractivity contribution in [1.29, 1.82) is 0 Å². The van der Waals surface area contributed by atoms with Crippen molar-refractivity contribution < 1.29 is 9.53 Å². The van der Waals surface area contributed by atoms with Gasteiger partial charge < -0.3 is 15.0 Å². The van der Waals surface area contributed by atoms with Crippen LogP contribution in [0.5, 0.6) is 0 Å². The first-order valence-corrected chi connectivity index (χ1v) is 6.70. The lowest BCUT2D eigenvalue weighted by molar-refractivity contribution is -0.143. The molecular formula is C13H24N2O2. The standard InChI is InChI=1S/C13H24N2O2/c1-4-13(6-7-14-9-13)12(16)15(3)11-5-8-17-10(11)2/h10-11,14H,4-9H2,1-3H3. The van der Waals surface area contributed by atoms with Crippen LogP contribution in [0.15, 0.2) is 0 Å². The van der Waals surface area contributed by atoms with E-state index >= 15 is 0 Å². The summed E-state index contributed by atoms with van der Waals surface area (Å²) < 4.78 is 5.56. The van der Waals surface area contributed by atoms with Crippen LogP contribution < -0.4 is 5.32 Å². The number of likely N-dealkylation sites (N-methyl/N-ethyl adjacent to an activating group) is 1. The smallest absolute Gasteiger partial charge is 0.230 e. The molecule has 2 fully saturated rings. The molecule has 0 saturated carbocycles. The molecule has 2 aliphatic rings. The molecule has 3 unspecified atom stereocenters. The zero-order valence-electron chi connectivity index (χ0n) is 11.2. The molecule has 0 spiro atoms. The highest BCUT2D eigenvalue weighted by Gasteiger charge is 2.44. The predicted molar refractivity (Wildman–Crippen MR) is 66.8 cm³/mol. The number of carbonyl (C=O) groups excluding carboxylic acids is 1. The molecule has 0 aliphatic carbocycles. The van der Waals surface area contributed by atoms with E-state index in [1.165, 1.54) is 0 Å². The Kier molecular flexibility index (Phi) is 3.73. The largest absolute Gasteiger partial charge is 0.376 e. The summed E-state index contributed by atoms with van der Waals surface area (Å²) in [5, 5.41) is 3.32. The van der Waals surface area contributed by atoms with Gasteiger partial charge in [-0.05, 0) is 32.7 Å². The summed E-state index contributed by atoms with van der Waals surface area (Å²) in [5.74, 6) is 0.298. The summed E-state index contributed by atoms with van der Waals surface area (Å²) in [6.45, 7) is 6.75. The van der Waals surface area contributed by atoms with Crippen LogP contribution in [0.25, 0.3) is 0 Å². The van der Waals surface area contributed by atoms with E-state index in [-0.39, 0.29) is 17.6 Å². The second kappa shape index (κ2) is 4.94. The third kappa shape index (κ3) is 2.20. The molecule has 0 aromatic carbocycles. The number of amides is 1. The first kappa shape index (κ1) is 12.8. The summed E-state index contributed by atoms with van der Waals surface area (Å²) in [5.41, 5.74) is -0.170. The lowest BCUT2D eigenvalue weighted by Crippen LogP contribution is -2.49. The first-order valence-electron chi connectivity index (χ1n) is 6.70. The molecule has 0 bridgehead atoms. The number of ether oxygens (including phenoxy) is 1. The summed E-state index contributed by atoms with van der Waals surface area (Å²) in [6, 6.07) is 0.256. The summed E-state index contributed by atoms with van der Waals surface area (Å²) in [6.07, 6.45) is 3.03. The Labute approximate surface area is 104 Å². The lowest BCUT2D eigenvalue weighted by atomic mass is 9.82. The minimum Gasteiger partial charge on any atom is -0.376 e. The van der Waals surface area contributed by atoms with Gasteiger partial charge in [0.05, 0.1) is 17.6 Å². The Balaban J connectivity index is 2.07. The Morgan fingerprint density at radius 2 is 2.35 bits per heavy atom. The number of nitrogens with zero attached hydrogens (tertiary/aromatic N) is 1. The van der Waals surface area contributed by atoms with Crippen LogP contribution in [-0.4, -0.2) is 49.7 Å². The van der Waals surface area contributed by atoms with Gasteiger partial charge in [-0.25, -0.2) is 0 Å². The fourth-order valence-electron chi connectivity index (χ4n) is 3.13. The van der Waals surface area contributed by atoms with Crippen LogP contribution in [0.3, 0.4) is 0 Å². The van der Waals surface area contributed by atoms with E-state index in [1.807, 2.05) is 11.9 Å². The van der Waals surface area contributed by atoms with E-state index in [2.05, 4.69) is 19.2 Å². The number of carbonyl (C=O) groups is 1. The molecule has 0 aromatic rings. The van der Waals surface area contributed by atoms with Crippen molar-refractivity contribution in [2.45, 2.75) is 45.3 Å². The van der Waals surface area contributed by atoms with Gasteiger partial charge in [-0.3, -0.25) is 4.79 Å². The van der Waals surface area contributed by atoms with Crippen molar-refractivity contribution in [3.63, 3.8) is 0 Å². The van der Waals surface area contributed by atoms with Gasteiger partial charge in [0.2, 0.25) is 5.91 Å². The monoisotopic (exact) mass is 240 g/mol. The highest BCUT2D eigenvalue weighted by molar-refractivity contribution is 5.83. The molecule has 17 heavy (non-hydrogen) atoms. The molecule has 98 valence electrons. The highest BCUT2D eigenvalue weighted by Crippen LogP contribution is 2.33. The van der Waals surface area contributed by atoms with Gasteiger partial charge in [-0.15, -0.1) is 0 Å². The summed E-state index contributed by atoms with van der Waals surface area (Å²) >= 11 is 0. The third-order valence-corrected chi connectivity index (χ3v) is 4.53. The Morgan fingerprint density at radius 1 is 1.59 bits per heavy atom. The average Bonchev–Trinajstić information content (AvgIpc) is 2.96. The average molecular weight is 240 g/mol. The zero-order chi connectivity index (χ0) is 12.5. The van der Waals surface area contributed by atoms with E-state index < -0.39 is 0 Å². The van der Waals surface area contributed by atoms with Gasteiger partial charge in [-0.2, -0.15) is 0 Å². The highest BCUT2D eigenvalue weighted by atomic mass is 16.5. The maximum Gasteiger partial charge on any atom is 0.230 e. The van der Waals surface area contributed by atoms with E-state index in [1.54, 1.807) is 0 Å². The molecule has 2 saturated heterocycles. The molecule has 2 rings (SSSR count). The number of hydrogen-bond donors (Lipinski definition) is 1. The van der Waals surface area contributed by atoms with E-state index in [0.717, 1.165) is 39.0 Å². The third-order valence-electron chi connectivity index (χ3n) is 4.53. The fourth-order valence-corrected chi connectivity index (χ4v) is 3.13. The zero-order valence-corrected chi connectivity index (χ0v) is 11.2. The van der Waals surface area contributed by atoms with Crippen LogP contribution in [0.2, 0.25) is 0 Å². The van der Waals surface area contributed by atoms with Crippen molar-refractivity contribution >= 4 is 5.91 Å². The Bertz CT molecular complexity index is 287. The van der Waals surface area contributed by atoms with Gasteiger partial charge in [-0.1, -0.05) is 6.92 Å². The molecule has 1 amide bonds. The van der Waals surface area contributed by atoms with Crippen molar-refractivity contribution in [2.75, 3.05) is 26.7 Å². The molecular weight excluding hydrogens is 216 g/mol. The lowest BCUT2D eigenvalue weighted by Gasteiger charge is -2.35. The molecule has 3 atom stereocenters. The maximum absolute atomic E-state index is 12.7. The van der Waals surface area contributed by atoms with Crippen LogP contribution in [-0.2, 0) is 9.53 Å². The first-order chi connectivity index (χ1) is 8.10. The van der Waals surface area contributed by atoms with Gasteiger partial charge in [0.1, 0.15) is 0 Å². The van der Waals surface area contributed by atoms with Crippen LogP contribution >= 0.6 is 0 Å². The van der Waals surface area contributed by atoms with Gasteiger partial charge >= 0.3 is 0 Å². The quantitative estimate of drug-likeness (QED) is 0.800.